The molecule has 2 atom stereocenters. The Labute approximate surface area is 171 Å². The van der Waals surface area contributed by atoms with Crippen LogP contribution >= 0.6 is 35.3 Å². The van der Waals surface area contributed by atoms with Gasteiger partial charge in [0.05, 0.1) is 12.1 Å². The second-order valence-electron chi connectivity index (χ2n) is 6.23. The molecular formula is C17H18Cl2N6OS. The molecule has 0 aliphatic carbocycles. The molecule has 142 valence electrons. The molecule has 1 fully saturated rings. The van der Waals surface area contributed by atoms with E-state index in [1.807, 2.05) is 37.6 Å². The summed E-state index contributed by atoms with van der Waals surface area (Å²) in [6, 6.07) is 7.41. The Bertz CT molecular complexity index is 943. The lowest BCUT2D eigenvalue weighted by Gasteiger charge is -2.15. The second kappa shape index (κ2) is 8.35. The van der Waals surface area contributed by atoms with E-state index in [-0.39, 0.29) is 30.2 Å². The van der Waals surface area contributed by atoms with Crippen LogP contribution < -0.4 is 10.6 Å². The molecular weight excluding hydrogens is 407 g/mol. The minimum absolute atomic E-state index is 0. The summed E-state index contributed by atoms with van der Waals surface area (Å²) < 4.78 is 1.75. The number of anilines is 1. The molecule has 10 heteroatoms. The average molecular weight is 425 g/mol. The molecule has 0 saturated carbocycles. The van der Waals surface area contributed by atoms with Crippen molar-refractivity contribution in [2.24, 2.45) is 13.0 Å². The summed E-state index contributed by atoms with van der Waals surface area (Å²) in [5.74, 6) is -0.126. The molecule has 0 bridgehead atoms. The maximum absolute atomic E-state index is 12.7. The number of amides is 1. The van der Waals surface area contributed by atoms with Crippen LogP contribution in [-0.2, 0) is 11.8 Å². The zero-order chi connectivity index (χ0) is 18.1. The van der Waals surface area contributed by atoms with Crippen molar-refractivity contribution in [1.82, 2.24) is 25.3 Å². The Morgan fingerprint density at radius 1 is 1.37 bits per heavy atom. The number of nitrogens with one attached hydrogen (secondary N) is 2. The van der Waals surface area contributed by atoms with Gasteiger partial charge in [-0.15, -0.1) is 22.6 Å². The number of rotatable bonds is 4. The third kappa shape index (κ3) is 4.30. The van der Waals surface area contributed by atoms with Gasteiger partial charge in [0, 0.05) is 42.8 Å². The van der Waals surface area contributed by atoms with Gasteiger partial charge in [0.2, 0.25) is 11.0 Å². The Morgan fingerprint density at radius 2 is 2.22 bits per heavy atom. The largest absolute Gasteiger partial charge is 0.315 e. The number of aromatic nitrogens is 4. The molecule has 27 heavy (non-hydrogen) atoms. The van der Waals surface area contributed by atoms with E-state index >= 15 is 0 Å². The maximum atomic E-state index is 12.7. The zero-order valence-corrected chi connectivity index (χ0v) is 16.8. The van der Waals surface area contributed by atoms with Gasteiger partial charge < -0.3 is 10.6 Å². The summed E-state index contributed by atoms with van der Waals surface area (Å²) in [4.78, 5) is 12.7. The molecule has 1 amide bonds. The minimum Gasteiger partial charge on any atom is -0.315 e. The fourth-order valence-corrected chi connectivity index (χ4v) is 4.08. The molecule has 3 heterocycles. The summed E-state index contributed by atoms with van der Waals surface area (Å²) in [7, 11) is 1.87. The number of hydrogen-bond donors (Lipinski definition) is 2. The predicted octanol–water partition coefficient (Wildman–Crippen LogP) is 2.96. The van der Waals surface area contributed by atoms with Crippen LogP contribution in [-0.4, -0.2) is 39.0 Å². The van der Waals surface area contributed by atoms with Crippen molar-refractivity contribution in [3.8, 4) is 10.6 Å². The van der Waals surface area contributed by atoms with E-state index in [1.165, 1.54) is 11.3 Å². The van der Waals surface area contributed by atoms with Gasteiger partial charge in [-0.05, 0) is 17.7 Å². The zero-order valence-electron chi connectivity index (χ0n) is 14.4. The van der Waals surface area contributed by atoms with Gasteiger partial charge in [-0.3, -0.25) is 9.48 Å². The molecule has 0 unspecified atom stereocenters. The van der Waals surface area contributed by atoms with Gasteiger partial charge in [0.1, 0.15) is 5.01 Å². The first-order valence-corrected chi connectivity index (χ1v) is 9.39. The lowest BCUT2D eigenvalue weighted by atomic mass is 9.90. The van der Waals surface area contributed by atoms with E-state index in [2.05, 4.69) is 25.9 Å². The highest BCUT2D eigenvalue weighted by molar-refractivity contribution is 7.18. The van der Waals surface area contributed by atoms with Gasteiger partial charge in [-0.1, -0.05) is 35.1 Å². The molecule has 2 aromatic heterocycles. The average Bonchev–Trinajstić information content (AvgIpc) is 3.34. The van der Waals surface area contributed by atoms with Crippen molar-refractivity contribution in [3.05, 3.63) is 47.2 Å². The first-order chi connectivity index (χ1) is 12.6. The SMILES string of the molecule is Cl.Cn1cc([C@H]2CNC[C@@H]2C(=O)Nc2nnc(-c3cccc(Cl)c3)s2)cn1. The van der Waals surface area contributed by atoms with Crippen molar-refractivity contribution < 1.29 is 4.79 Å². The van der Waals surface area contributed by atoms with Crippen molar-refractivity contribution in [2.45, 2.75) is 5.92 Å². The van der Waals surface area contributed by atoms with Gasteiger partial charge in [-0.25, -0.2) is 0 Å². The first kappa shape index (κ1) is 19.8. The van der Waals surface area contributed by atoms with E-state index in [9.17, 15) is 4.79 Å². The number of nitrogens with zero attached hydrogens (tertiary/aromatic N) is 4. The third-order valence-corrected chi connectivity index (χ3v) is 5.55. The van der Waals surface area contributed by atoms with Crippen LogP contribution in [0.1, 0.15) is 11.5 Å². The molecule has 3 aromatic rings. The first-order valence-electron chi connectivity index (χ1n) is 8.20. The van der Waals surface area contributed by atoms with Crippen molar-refractivity contribution in [2.75, 3.05) is 18.4 Å². The smallest absolute Gasteiger partial charge is 0.231 e. The monoisotopic (exact) mass is 424 g/mol. The van der Waals surface area contributed by atoms with Gasteiger partial charge in [-0.2, -0.15) is 5.10 Å². The molecule has 7 nitrogen and oxygen atoms in total. The van der Waals surface area contributed by atoms with Gasteiger partial charge in [0.15, 0.2) is 0 Å². The topological polar surface area (TPSA) is 84.7 Å². The number of aryl methyl sites for hydroxylation is 1. The second-order valence-corrected chi connectivity index (χ2v) is 7.64. The lowest BCUT2D eigenvalue weighted by molar-refractivity contribution is -0.119. The van der Waals surface area contributed by atoms with E-state index in [0.717, 1.165) is 22.7 Å². The predicted molar refractivity (Wildman–Crippen MR) is 109 cm³/mol. The number of hydrogen-bond acceptors (Lipinski definition) is 6. The number of carbonyl (C=O) groups is 1. The van der Waals surface area contributed by atoms with Crippen LogP contribution in [0.15, 0.2) is 36.7 Å². The molecule has 1 aromatic carbocycles. The van der Waals surface area contributed by atoms with E-state index in [0.29, 0.717) is 16.7 Å². The minimum atomic E-state index is -0.169. The quantitative estimate of drug-likeness (QED) is 0.672. The summed E-state index contributed by atoms with van der Waals surface area (Å²) in [6.45, 7) is 1.39. The molecule has 4 rings (SSSR count). The Morgan fingerprint density at radius 3 is 2.96 bits per heavy atom. The van der Waals surface area contributed by atoms with Gasteiger partial charge >= 0.3 is 0 Å². The van der Waals surface area contributed by atoms with Crippen molar-refractivity contribution in [1.29, 1.82) is 0 Å². The van der Waals surface area contributed by atoms with E-state index in [4.69, 9.17) is 11.6 Å². The maximum Gasteiger partial charge on any atom is 0.231 e. The highest BCUT2D eigenvalue weighted by atomic mass is 35.5. The van der Waals surface area contributed by atoms with Crippen molar-refractivity contribution >= 4 is 46.4 Å². The molecule has 0 radical (unpaired) electrons. The highest BCUT2D eigenvalue weighted by Gasteiger charge is 2.35. The summed E-state index contributed by atoms with van der Waals surface area (Å²) in [6.07, 6.45) is 3.78. The number of carbonyl (C=O) groups excluding carboxylic acids is 1. The Balaban J connectivity index is 0.00000210. The van der Waals surface area contributed by atoms with E-state index in [1.54, 1.807) is 10.7 Å². The Hall–Kier alpha value is -2.00. The normalized spacial score (nSPS) is 18.9. The van der Waals surface area contributed by atoms with Crippen LogP contribution in [0.2, 0.25) is 5.02 Å². The Kier molecular flexibility index (Phi) is 6.11. The summed E-state index contributed by atoms with van der Waals surface area (Å²) in [5.41, 5.74) is 1.95. The fraction of sp³-hybridized carbons (Fsp3) is 0.294. The lowest BCUT2D eigenvalue weighted by Crippen LogP contribution is -2.28. The van der Waals surface area contributed by atoms with Crippen LogP contribution in [0.25, 0.3) is 10.6 Å². The molecule has 0 spiro atoms. The van der Waals surface area contributed by atoms with Crippen LogP contribution in [0.4, 0.5) is 5.13 Å². The highest BCUT2D eigenvalue weighted by Crippen LogP contribution is 2.31. The standard InChI is InChI=1S/C17H17ClN6OS.ClH/c1-24-9-11(6-20-24)13-7-19-8-14(13)15(25)21-17-23-22-16(26-17)10-3-2-4-12(18)5-10;/h2-6,9,13-14,19H,7-8H2,1H3,(H,21,23,25);1H/t13-,14+;/m1./s1. The molecule has 1 saturated heterocycles. The molecule has 1 aliphatic heterocycles. The fourth-order valence-electron chi connectivity index (χ4n) is 3.15. The van der Waals surface area contributed by atoms with Crippen LogP contribution in [0, 0.1) is 5.92 Å². The van der Waals surface area contributed by atoms with Crippen molar-refractivity contribution in [3.63, 3.8) is 0 Å². The molecule has 1 aliphatic rings. The van der Waals surface area contributed by atoms with Crippen LogP contribution in [0.5, 0.6) is 0 Å². The van der Waals surface area contributed by atoms with E-state index < -0.39 is 0 Å². The third-order valence-electron chi connectivity index (χ3n) is 4.43. The van der Waals surface area contributed by atoms with Gasteiger partial charge in [0.25, 0.3) is 0 Å². The number of benzene rings is 1. The molecule has 2 N–H and O–H groups in total. The van der Waals surface area contributed by atoms with Crippen LogP contribution in [0.3, 0.4) is 0 Å². The number of halogens is 2. The summed E-state index contributed by atoms with van der Waals surface area (Å²) >= 11 is 7.35. The summed E-state index contributed by atoms with van der Waals surface area (Å²) in [5, 5.41) is 20.5.